The molecule has 1 aromatic heterocycles. The van der Waals surface area contributed by atoms with Crippen LogP contribution in [0.1, 0.15) is 27.9 Å². The molecule has 0 radical (unpaired) electrons. The minimum Gasteiger partial charge on any atom is -0.358 e. The summed E-state index contributed by atoms with van der Waals surface area (Å²) in [6.45, 7) is 5.98. The Morgan fingerprint density at radius 2 is 1.69 bits per heavy atom. The van der Waals surface area contributed by atoms with Crippen LogP contribution in [-0.4, -0.2) is 29.9 Å². The molecular weight excluding hydrogens is 454 g/mol. The van der Waals surface area contributed by atoms with Crippen molar-refractivity contribution in [2.75, 3.05) is 11.9 Å². The fraction of sp³-hybridized carbons (Fsp3) is 0.241. The Labute approximate surface area is 212 Å². The van der Waals surface area contributed by atoms with Crippen molar-refractivity contribution in [2.45, 2.75) is 44.6 Å². The molecule has 35 heavy (non-hydrogen) atoms. The van der Waals surface area contributed by atoms with E-state index in [2.05, 4.69) is 22.9 Å². The van der Waals surface area contributed by atoms with Crippen LogP contribution in [0, 0.1) is 20.8 Å². The van der Waals surface area contributed by atoms with E-state index in [9.17, 15) is 9.59 Å². The standard InChI is InChI=1S/C29H31N3O2S/c1-18-14-22(16-27(35)19(18)2)32(4)29(34)26(15-21-10-6-5-7-11-21)31-28(33)17-24-20(3)30-25-13-9-8-12-23(24)25/h5-14,16,26,30,35H,15,17H2,1-4H3,(H,31,33)/t26-/m0/s1. The molecule has 1 atom stereocenters. The highest BCUT2D eigenvalue weighted by Gasteiger charge is 2.26. The second kappa shape index (κ2) is 10.4. The van der Waals surface area contributed by atoms with E-state index < -0.39 is 6.04 Å². The number of carbonyl (C=O) groups excluding carboxylic acids is 2. The van der Waals surface area contributed by atoms with Gasteiger partial charge >= 0.3 is 0 Å². The molecule has 2 amide bonds. The molecular formula is C29H31N3O2S. The van der Waals surface area contributed by atoms with Crippen molar-refractivity contribution in [1.29, 1.82) is 0 Å². The number of aromatic amines is 1. The van der Waals surface area contributed by atoms with Crippen LogP contribution in [0.2, 0.25) is 0 Å². The first kappa shape index (κ1) is 24.6. The molecule has 0 bridgehead atoms. The summed E-state index contributed by atoms with van der Waals surface area (Å²) in [5, 5.41) is 4.05. The summed E-state index contributed by atoms with van der Waals surface area (Å²) in [6, 6.07) is 20.9. The maximum atomic E-state index is 13.7. The molecule has 0 unspecified atom stereocenters. The van der Waals surface area contributed by atoms with Gasteiger partial charge in [-0.1, -0.05) is 48.5 Å². The summed E-state index contributed by atoms with van der Waals surface area (Å²) in [4.78, 5) is 32.6. The number of H-pyrrole nitrogens is 1. The summed E-state index contributed by atoms with van der Waals surface area (Å²) in [5.74, 6) is -0.357. The molecule has 0 saturated carbocycles. The van der Waals surface area contributed by atoms with Gasteiger partial charge in [-0.15, -0.1) is 12.6 Å². The first-order chi connectivity index (χ1) is 16.7. The number of likely N-dealkylation sites (N-methyl/N-ethyl adjacent to an activating group) is 1. The van der Waals surface area contributed by atoms with Crippen molar-refractivity contribution in [3.8, 4) is 0 Å². The van der Waals surface area contributed by atoms with E-state index in [1.165, 1.54) is 0 Å². The third kappa shape index (κ3) is 5.43. The van der Waals surface area contributed by atoms with Crippen molar-refractivity contribution in [3.63, 3.8) is 0 Å². The lowest BCUT2D eigenvalue weighted by atomic mass is 10.0. The fourth-order valence-electron chi connectivity index (χ4n) is 4.40. The molecule has 0 saturated heterocycles. The number of hydrogen-bond donors (Lipinski definition) is 3. The van der Waals surface area contributed by atoms with Crippen LogP contribution < -0.4 is 10.2 Å². The lowest BCUT2D eigenvalue weighted by molar-refractivity contribution is -0.127. The van der Waals surface area contributed by atoms with Crippen LogP contribution in [0.4, 0.5) is 5.69 Å². The van der Waals surface area contributed by atoms with Crippen LogP contribution >= 0.6 is 12.6 Å². The van der Waals surface area contributed by atoms with Gasteiger partial charge < -0.3 is 15.2 Å². The van der Waals surface area contributed by atoms with Crippen molar-refractivity contribution >= 4 is 41.0 Å². The lowest BCUT2D eigenvalue weighted by Gasteiger charge is -2.26. The number of hydrogen-bond acceptors (Lipinski definition) is 3. The zero-order valence-electron chi connectivity index (χ0n) is 20.6. The van der Waals surface area contributed by atoms with E-state index in [1.54, 1.807) is 11.9 Å². The van der Waals surface area contributed by atoms with E-state index in [4.69, 9.17) is 0 Å². The summed E-state index contributed by atoms with van der Waals surface area (Å²) in [5.41, 5.74) is 6.79. The second-order valence-corrected chi connectivity index (χ2v) is 9.55. The molecule has 0 aliphatic heterocycles. The largest absolute Gasteiger partial charge is 0.358 e. The summed E-state index contributed by atoms with van der Waals surface area (Å²) >= 11 is 4.57. The maximum Gasteiger partial charge on any atom is 0.249 e. The van der Waals surface area contributed by atoms with Crippen LogP contribution in [0.3, 0.4) is 0 Å². The Kier molecular flexibility index (Phi) is 7.31. The molecule has 180 valence electrons. The van der Waals surface area contributed by atoms with Gasteiger partial charge in [0.2, 0.25) is 11.8 Å². The predicted octanol–water partition coefficient (Wildman–Crippen LogP) is 5.31. The Bertz CT molecular complexity index is 1350. The molecule has 2 N–H and O–H groups in total. The Hall–Kier alpha value is -3.51. The minimum atomic E-state index is -0.703. The first-order valence-electron chi connectivity index (χ1n) is 11.7. The monoisotopic (exact) mass is 485 g/mol. The van der Waals surface area contributed by atoms with Crippen LogP contribution in [0.5, 0.6) is 0 Å². The average Bonchev–Trinajstić information content (AvgIpc) is 3.16. The first-order valence-corrected chi connectivity index (χ1v) is 12.2. The van der Waals surface area contributed by atoms with E-state index >= 15 is 0 Å². The number of nitrogens with zero attached hydrogens (tertiary/aromatic N) is 1. The zero-order valence-corrected chi connectivity index (χ0v) is 21.4. The number of fused-ring (bicyclic) bond motifs is 1. The Balaban J connectivity index is 1.59. The van der Waals surface area contributed by atoms with Crippen molar-refractivity contribution in [2.24, 2.45) is 0 Å². The van der Waals surface area contributed by atoms with Crippen LogP contribution in [-0.2, 0) is 22.4 Å². The highest BCUT2D eigenvalue weighted by atomic mass is 32.1. The fourth-order valence-corrected chi connectivity index (χ4v) is 4.70. The second-order valence-electron chi connectivity index (χ2n) is 9.06. The van der Waals surface area contributed by atoms with Crippen molar-refractivity contribution in [1.82, 2.24) is 10.3 Å². The van der Waals surface area contributed by atoms with Gasteiger partial charge in [-0.2, -0.15) is 0 Å². The highest BCUT2D eigenvalue weighted by Crippen LogP contribution is 2.26. The number of anilines is 1. The van der Waals surface area contributed by atoms with Gasteiger partial charge in [-0.25, -0.2) is 0 Å². The van der Waals surface area contributed by atoms with Gasteiger partial charge in [0.05, 0.1) is 6.42 Å². The normalized spacial score (nSPS) is 11.9. The molecule has 5 nitrogen and oxygen atoms in total. The third-order valence-electron chi connectivity index (χ3n) is 6.62. The lowest BCUT2D eigenvalue weighted by Crippen LogP contribution is -2.49. The van der Waals surface area contributed by atoms with Gasteiger partial charge in [0.1, 0.15) is 6.04 Å². The average molecular weight is 486 g/mol. The van der Waals surface area contributed by atoms with Gasteiger partial charge in [-0.05, 0) is 61.2 Å². The van der Waals surface area contributed by atoms with Crippen molar-refractivity contribution < 1.29 is 9.59 Å². The van der Waals surface area contributed by atoms with Gasteiger partial charge in [0.25, 0.3) is 0 Å². The molecule has 0 aliphatic carbocycles. The highest BCUT2D eigenvalue weighted by molar-refractivity contribution is 7.80. The van der Waals surface area contributed by atoms with E-state index in [0.717, 1.165) is 49.4 Å². The van der Waals surface area contributed by atoms with E-state index in [1.807, 2.05) is 87.5 Å². The smallest absolute Gasteiger partial charge is 0.249 e. The number of para-hydroxylation sites is 1. The number of benzene rings is 3. The molecule has 0 aliphatic rings. The number of rotatable bonds is 7. The molecule has 3 aromatic carbocycles. The summed E-state index contributed by atoms with van der Waals surface area (Å²) in [7, 11) is 1.74. The van der Waals surface area contributed by atoms with Crippen LogP contribution in [0.15, 0.2) is 71.6 Å². The number of aromatic nitrogens is 1. The molecule has 6 heteroatoms. The Morgan fingerprint density at radius 1 is 1.00 bits per heavy atom. The SMILES string of the molecule is Cc1cc(N(C)C(=O)[C@H](Cc2ccccc2)NC(=O)Cc2c(C)[nH]c3ccccc23)cc(S)c1C. The molecule has 0 spiro atoms. The zero-order chi connectivity index (χ0) is 25.1. The number of aryl methyl sites for hydroxylation is 2. The summed E-state index contributed by atoms with van der Waals surface area (Å²) < 4.78 is 0. The number of amides is 2. The van der Waals surface area contributed by atoms with Gasteiger partial charge in [-0.3, -0.25) is 9.59 Å². The number of carbonyl (C=O) groups is 2. The Morgan fingerprint density at radius 3 is 2.40 bits per heavy atom. The van der Waals surface area contributed by atoms with Crippen LogP contribution in [0.25, 0.3) is 10.9 Å². The minimum absolute atomic E-state index is 0.172. The van der Waals surface area contributed by atoms with E-state index in [-0.39, 0.29) is 18.2 Å². The predicted molar refractivity (Wildman–Crippen MR) is 145 cm³/mol. The van der Waals surface area contributed by atoms with Gasteiger partial charge in [0, 0.05) is 40.6 Å². The van der Waals surface area contributed by atoms with Crippen molar-refractivity contribution in [3.05, 3.63) is 94.7 Å². The molecule has 0 fully saturated rings. The topological polar surface area (TPSA) is 65.2 Å². The molecule has 4 aromatic rings. The maximum absolute atomic E-state index is 13.7. The summed E-state index contributed by atoms with van der Waals surface area (Å²) in [6.07, 6.45) is 0.601. The molecule has 4 rings (SSSR count). The quantitative estimate of drug-likeness (QED) is 0.311. The number of thiol groups is 1. The van der Waals surface area contributed by atoms with Gasteiger partial charge in [0.15, 0.2) is 0 Å². The number of nitrogens with one attached hydrogen (secondary N) is 2. The third-order valence-corrected chi connectivity index (χ3v) is 7.09. The molecule has 1 heterocycles. The van der Waals surface area contributed by atoms with E-state index in [0.29, 0.717) is 6.42 Å².